The molecule has 0 amide bonds. The van der Waals surface area contributed by atoms with Crippen molar-refractivity contribution in [2.24, 2.45) is 23.5 Å². The summed E-state index contributed by atoms with van der Waals surface area (Å²) in [4.78, 5) is 0. The Morgan fingerprint density at radius 2 is 2.29 bits per heavy atom. The van der Waals surface area contributed by atoms with Gasteiger partial charge in [-0.3, -0.25) is 0 Å². The number of hydrogen-bond acceptors (Lipinski definition) is 1. The van der Waals surface area contributed by atoms with Crippen molar-refractivity contribution < 1.29 is 0 Å². The molecule has 1 fully saturated rings. The van der Waals surface area contributed by atoms with E-state index in [9.17, 15) is 0 Å². The van der Waals surface area contributed by atoms with E-state index in [4.69, 9.17) is 5.73 Å². The first kappa shape index (κ1) is 10.2. The van der Waals surface area contributed by atoms with E-state index < -0.39 is 0 Å². The molecule has 14 heavy (non-hydrogen) atoms. The smallest absolute Gasteiger partial charge is 0.00744 e. The summed E-state index contributed by atoms with van der Waals surface area (Å²) in [6, 6.07) is 0. The maximum absolute atomic E-state index is 5.68. The Kier molecular flexibility index (Phi) is 3.27. The third-order valence-electron chi connectivity index (χ3n) is 4.04. The predicted octanol–water partition coefficient (Wildman–Crippen LogP) is 3.11. The molecule has 2 rings (SSSR count). The molecule has 0 radical (unpaired) electrons. The lowest BCUT2D eigenvalue weighted by atomic mass is 9.85. The van der Waals surface area contributed by atoms with Crippen molar-refractivity contribution >= 4 is 0 Å². The van der Waals surface area contributed by atoms with E-state index in [2.05, 4.69) is 13.0 Å². The Labute approximate surface area is 87.8 Å². The van der Waals surface area contributed by atoms with Crippen molar-refractivity contribution in [3.63, 3.8) is 0 Å². The number of rotatable bonds is 3. The summed E-state index contributed by atoms with van der Waals surface area (Å²) in [7, 11) is 0. The van der Waals surface area contributed by atoms with Crippen LogP contribution in [0.1, 0.15) is 45.4 Å². The molecule has 0 spiro atoms. The van der Waals surface area contributed by atoms with Crippen LogP contribution in [-0.2, 0) is 0 Å². The van der Waals surface area contributed by atoms with Gasteiger partial charge in [0.15, 0.2) is 0 Å². The molecule has 0 saturated heterocycles. The highest BCUT2D eigenvalue weighted by molar-refractivity contribution is 5.15. The van der Waals surface area contributed by atoms with Gasteiger partial charge in [-0.15, -0.1) is 0 Å². The van der Waals surface area contributed by atoms with Gasteiger partial charge in [-0.2, -0.15) is 0 Å². The van der Waals surface area contributed by atoms with Crippen molar-refractivity contribution in [1.29, 1.82) is 0 Å². The zero-order valence-electron chi connectivity index (χ0n) is 9.34. The van der Waals surface area contributed by atoms with Gasteiger partial charge >= 0.3 is 0 Å². The van der Waals surface area contributed by atoms with Crippen LogP contribution >= 0.6 is 0 Å². The van der Waals surface area contributed by atoms with Crippen LogP contribution in [0.2, 0.25) is 0 Å². The summed E-state index contributed by atoms with van der Waals surface area (Å²) in [6.45, 7) is 3.25. The Balaban J connectivity index is 1.96. The molecule has 1 saturated carbocycles. The van der Waals surface area contributed by atoms with Crippen molar-refractivity contribution in [2.45, 2.75) is 45.4 Å². The summed E-state index contributed by atoms with van der Waals surface area (Å²) in [5.41, 5.74) is 7.45. The van der Waals surface area contributed by atoms with Crippen LogP contribution in [0, 0.1) is 17.8 Å². The molecule has 2 N–H and O–H groups in total. The highest BCUT2D eigenvalue weighted by Crippen LogP contribution is 2.43. The molecule has 0 aromatic carbocycles. The van der Waals surface area contributed by atoms with Gasteiger partial charge in [-0.1, -0.05) is 25.0 Å². The summed E-state index contributed by atoms with van der Waals surface area (Å²) in [5, 5.41) is 0. The third kappa shape index (κ3) is 2.03. The standard InChI is InChI=1S/C13H23N/c1-10-5-6-12(9-10)13-4-2-3-11(13)7-8-14/h6,10-11,13H,2-5,7-9,14H2,1H3. The molecule has 0 bridgehead atoms. The van der Waals surface area contributed by atoms with Gasteiger partial charge in [0.2, 0.25) is 0 Å². The molecular weight excluding hydrogens is 170 g/mol. The van der Waals surface area contributed by atoms with E-state index in [1.807, 2.05) is 0 Å². The minimum Gasteiger partial charge on any atom is -0.330 e. The largest absolute Gasteiger partial charge is 0.330 e. The first-order chi connectivity index (χ1) is 6.81. The predicted molar refractivity (Wildman–Crippen MR) is 61.0 cm³/mol. The molecule has 3 atom stereocenters. The maximum Gasteiger partial charge on any atom is -0.00744 e. The van der Waals surface area contributed by atoms with Gasteiger partial charge in [0, 0.05) is 0 Å². The van der Waals surface area contributed by atoms with E-state index in [0.717, 1.165) is 24.3 Å². The monoisotopic (exact) mass is 193 g/mol. The van der Waals surface area contributed by atoms with Gasteiger partial charge in [0.25, 0.3) is 0 Å². The fourth-order valence-corrected chi connectivity index (χ4v) is 3.31. The van der Waals surface area contributed by atoms with E-state index in [-0.39, 0.29) is 0 Å². The topological polar surface area (TPSA) is 26.0 Å². The maximum atomic E-state index is 5.68. The minimum atomic E-state index is 0.879. The van der Waals surface area contributed by atoms with Crippen molar-refractivity contribution in [2.75, 3.05) is 6.54 Å². The second-order valence-corrected chi connectivity index (χ2v) is 5.20. The lowest BCUT2D eigenvalue weighted by Gasteiger charge is -2.20. The van der Waals surface area contributed by atoms with Crippen LogP contribution in [0.25, 0.3) is 0 Å². The Bertz CT molecular complexity index is 219. The molecule has 1 heteroatoms. The molecule has 3 unspecified atom stereocenters. The zero-order valence-corrected chi connectivity index (χ0v) is 9.34. The molecule has 0 aliphatic heterocycles. The van der Waals surface area contributed by atoms with Crippen LogP contribution in [0.15, 0.2) is 11.6 Å². The highest BCUT2D eigenvalue weighted by atomic mass is 14.5. The average molecular weight is 193 g/mol. The molecule has 1 nitrogen and oxygen atoms in total. The molecule has 0 heterocycles. The van der Waals surface area contributed by atoms with Crippen molar-refractivity contribution in [3.05, 3.63) is 11.6 Å². The second kappa shape index (κ2) is 4.48. The Morgan fingerprint density at radius 3 is 2.93 bits per heavy atom. The van der Waals surface area contributed by atoms with Crippen molar-refractivity contribution in [1.82, 2.24) is 0 Å². The van der Waals surface area contributed by atoms with E-state index in [1.54, 1.807) is 5.57 Å². The Morgan fingerprint density at radius 1 is 1.43 bits per heavy atom. The van der Waals surface area contributed by atoms with Gasteiger partial charge in [0.1, 0.15) is 0 Å². The highest BCUT2D eigenvalue weighted by Gasteiger charge is 2.31. The van der Waals surface area contributed by atoms with E-state index >= 15 is 0 Å². The molecule has 2 aliphatic rings. The zero-order chi connectivity index (χ0) is 9.97. The summed E-state index contributed by atoms with van der Waals surface area (Å²) in [6.07, 6.45) is 10.7. The fraction of sp³-hybridized carbons (Fsp3) is 0.846. The van der Waals surface area contributed by atoms with Crippen LogP contribution in [0.4, 0.5) is 0 Å². The Hall–Kier alpha value is -0.300. The first-order valence-corrected chi connectivity index (χ1v) is 6.20. The lowest BCUT2D eigenvalue weighted by molar-refractivity contribution is 0.403. The average Bonchev–Trinajstić information content (AvgIpc) is 2.74. The van der Waals surface area contributed by atoms with Gasteiger partial charge in [-0.25, -0.2) is 0 Å². The van der Waals surface area contributed by atoms with Gasteiger partial charge < -0.3 is 5.73 Å². The van der Waals surface area contributed by atoms with Gasteiger partial charge in [-0.05, 0) is 56.4 Å². The van der Waals surface area contributed by atoms with Crippen LogP contribution in [0.5, 0.6) is 0 Å². The molecule has 80 valence electrons. The van der Waals surface area contributed by atoms with Crippen LogP contribution < -0.4 is 5.73 Å². The number of allylic oxidation sites excluding steroid dienone is 2. The lowest BCUT2D eigenvalue weighted by Crippen LogP contribution is -2.14. The quantitative estimate of drug-likeness (QED) is 0.685. The van der Waals surface area contributed by atoms with Crippen LogP contribution in [0.3, 0.4) is 0 Å². The minimum absolute atomic E-state index is 0.879. The molecule has 0 aromatic heterocycles. The second-order valence-electron chi connectivity index (χ2n) is 5.20. The van der Waals surface area contributed by atoms with E-state index in [0.29, 0.717) is 0 Å². The molecule has 2 aliphatic carbocycles. The van der Waals surface area contributed by atoms with E-state index in [1.165, 1.54) is 38.5 Å². The van der Waals surface area contributed by atoms with Gasteiger partial charge in [0.05, 0.1) is 0 Å². The van der Waals surface area contributed by atoms with Crippen molar-refractivity contribution in [3.8, 4) is 0 Å². The summed E-state index contributed by atoms with van der Waals surface area (Å²) in [5.74, 6) is 2.73. The summed E-state index contributed by atoms with van der Waals surface area (Å²) < 4.78 is 0. The summed E-state index contributed by atoms with van der Waals surface area (Å²) >= 11 is 0. The third-order valence-corrected chi connectivity index (χ3v) is 4.04. The van der Waals surface area contributed by atoms with Crippen LogP contribution in [-0.4, -0.2) is 6.54 Å². The normalized spacial score (nSPS) is 37.6. The molecule has 0 aromatic rings. The number of nitrogens with two attached hydrogens (primary N) is 1. The first-order valence-electron chi connectivity index (χ1n) is 6.20. The molecular formula is C13H23N. The fourth-order valence-electron chi connectivity index (χ4n) is 3.31. The SMILES string of the molecule is CC1CC=C(C2CCCC2CCN)C1. The number of hydrogen-bond donors (Lipinski definition) is 1.